The molecular formula is C17H19N3O2. The molecule has 1 aromatic carbocycles. The highest BCUT2D eigenvalue weighted by atomic mass is 16.5. The summed E-state index contributed by atoms with van der Waals surface area (Å²) >= 11 is 0. The molecule has 1 aliphatic rings. The lowest BCUT2D eigenvalue weighted by Crippen LogP contribution is -2.19. The molecule has 3 rings (SSSR count). The van der Waals surface area contributed by atoms with Crippen molar-refractivity contribution in [3.8, 4) is 5.75 Å². The van der Waals surface area contributed by atoms with Gasteiger partial charge in [0.25, 0.3) is 5.56 Å². The molecule has 0 saturated carbocycles. The van der Waals surface area contributed by atoms with E-state index < -0.39 is 0 Å². The van der Waals surface area contributed by atoms with Crippen LogP contribution in [0.4, 0.5) is 0 Å². The molecule has 114 valence electrons. The summed E-state index contributed by atoms with van der Waals surface area (Å²) in [6.07, 6.45) is 3.15. The van der Waals surface area contributed by atoms with Crippen LogP contribution in [0, 0.1) is 0 Å². The molecular weight excluding hydrogens is 278 g/mol. The summed E-state index contributed by atoms with van der Waals surface area (Å²) in [7, 11) is 1.65. The number of allylic oxidation sites excluding steroid dienone is 1. The number of H-pyrrole nitrogens is 1. The van der Waals surface area contributed by atoms with Gasteiger partial charge in [0.15, 0.2) is 0 Å². The number of hydrogen-bond donors (Lipinski definition) is 3. The monoisotopic (exact) mass is 297 g/mol. The number of rotatable bonds is 5. The summed E-state index contributed by atoms with van der Waals surface area (Å²) in [5, 5.41) is 6.25. The summed E-state index contributed by atoms with van der Waals surface area (Å²) in [6.45, 7) is 0.721. The lowest BCUT2D eigenvalue weighted by Gasteiger charge is -2.09. The Labute approximate surface area is 129 Å². The maximum atomic E-state index is 12.2. The van der Waals surface area contributed by atoms with E-state index in [9.17, 15) is 4.79 Å². The van der Waals surface area contributed by atoms with Crippen molar-refractivity contribution in [2.45, 2.75) is 12.8 Å². The predicted octanol–water partition coefficient (Wildman–Crippen LogP) is 1.51. The fraction of sp³-hybridized carbons (Fsp3) is 0.235. The molecule has 0 unspecified atom stereocenters. The maximum absolute atomic E-state index is 12.2. The van der Waals surface area contributed by atoms with Crippen molar-refractivity contribution in [1.82, 2.24) is 15.6 Å². The Kier molecular flexibility index (Phi) is 4.14. The SMILES string of the molecule is COc1ccccc1Cc1ccc(CC2=CNCN2)c(=O)[nH]1. The molecule has 3 N–H and O–H groups in total. The standard InChI is InChI=1S/C17H19N3O2/c1-22-16-5-3-2-4-12(16)8-14-7-6-13(17(21)20-14)9-15-10-18-11-19-15/h2-7,10,18-19H,8-9,11H2,1H3,(H,20,21). The van der Waals surface area contributed by atoms with Crippen molar-refractivity contribution in [3.63, 3.8) is 0 Å². The number of hydrogen-bond acceptors (Lipinski definition) is 4. The summed E-state index contributed by atoms with van der Waals surface area (Å²) in [4.78, 5) is 15.2. The van der Waals surface area contributed by atoms with Crippen LogP contribution in [0.5, 0.6) is 5.75 Å². The van der Waals surface area contributed by atoms with Crippen LogP contribution >= 0.6 is 0 Å². The Morgan fingerprint density at radius 2 is 1.95 bits per heavy atom. The van der Waals surface area contributed by atoms with Crippen LogP contribution in [-0.2, 0) is 12.8 Å². The zero-order valence-corrected chi connectivity index (χ0v) is 12.5. The van der Waals surface area contributed by atoms with Gasteiger partial charge in [0.1, 0.15) is 5.75 Å². The Hall–Kier alpha value is -2.69. The second-order valence-corrected chi connectivity index (χ2v) is 5.23. The van der Waals surface area contributed by atoms with Crippen LogP contribution in [0.3, 0.4) is 0 Å². The molecule has 1 aliphatic heterocycles. The van der Waals surface area contributed by atoms with Gasteiger partial charge in [0.2, 0.25) is 0 Å². The molecule has 2 heterocycles. The van der Waals surface area contributed by atoms with E-state index in [1.165, 1.54) is 0 Å². The largest absolute Gasteiger partial charge is 0.496 e. The summed E-state index contributed by atoms with van der Waals surface area (Å²) in [6, 6.07) is 11.7. The fourth-order valence-corrected chi connectivity index (χ4v) is 2.55. The Morgan fingerprint density at radius 3 is 2.68 bits per heavy atom. The number of methoxy groups -OCH3 is 1. The third-order valence-electron chi connectivity index (χ3n) is 3.70. The first-order chi connectivity index (χ1) is 10.8. The average molecular weight is 297 g/mol. The van der Waals surface area contributed by atoms with Gasteiger partial charge in [-0.15, -0.1) is 0 Å². The molecule has 2 aromatic rings. The zero-order chi connectivity index (χ0) is 15.4. The van der Waals surface area contributed by atoms with Crippen molar-refractivity contribution >= 4 is 0 Å². The minimum atomic E-state index is -0.0398. The molecule has 0 atom stereocenters. The number of aromatic amines is 1. The zero-order valence-electron chi connectivity index (χ0n) is 12.5. The summed E-state index contributed by atoms with van der Waals surface area (Å²) < 4.78 is 5.35. The molecule has 0 aliphatic carbocycles. The van der Waals surface area contributed by atoms with Crippen molar-refractivity contribution in [3.05, 3.63) is 75.5 Å². The smallest absolute Gasteiger partial charge is 0.251 e. The second kappa shape index (κ2) is 6.39. The third kappa shape index (κ3) is 3.14. The molecule has 0 radical (unpaired) electrons. The van der Waals surface area contributed by atoms with Gasteiger partial charge >= 0.3 is 0 Å². The van der Waals surface area contributed by atoms with Crippen LogP contribution in [0.1, 0.15) is 16.8 Å². The van der Waals surface area contributed by atoms with E-state index in [-0.39, 0.29) is 5.56 Å². The first-order valence-corrected chi connectivity index (χ1v) is 7.25. The molecule has 1 aromatic heterocycles. The van der Waals surface area contributed by atoms with Crippen LogP contribution < -0.4 is 20.9 Å². The van der Waals surface area contributed by atoms with E-state index in [1.54, 1.807) is 7.11 Å². The number of aromatic nitrogens is 1. The van der Waals surface area contributed by atoms with Crippen LogP contribution in [0.2, 0.25) is 0 Å². The van der Waals surface area contributed by atoms with Gasteiger partial charge in [0, 0.05) is 36.0 Å². The third-order valence-corrected chi connectivity index (χ3v) is 3.70. The molecule has 5 heteroatoms. The van der Waals surface area contributed by atoms with Crippen LogP contribution in [-0.4, -0.2) is 18.8 Å². The van der Waals surface area contributed by atoms with Gasteiger partial charge in [-0.25, -0.2) is 0 Å². The number of pyridine rings is 1. The molecule has 22 heavy (non-hydrogen) atoms. The number of nitrogens with one attached hydrogen (secondary N) is 3. The van der Waals surface area contributed by atoms with Crippen LogP contribution in [0.25, 0.3) is 0 Å². The topological polar surface area (TPSA) is 66.2 Å². The average Bonchev–Trinajstić information content (AvgIpc) is 3.04. The van der Waals surface area contributed by atoms with Gasteiger partial charge in [0.05, 0.1) is 13.8 Å². The van der Waals surface area contributed by atoms with E-state index in [1.807, 2.05) is 42.6 Å². The van der Waals surface area contributed by atoms with E-state index in [2.05, 4.69) is 15.6 Å². The quantitative estimate of drug-likeness (QED) is 0.782. The van der Waals surface area contributed by atoms with Crippen molar-refractivity contribution in [1.29, 1.82) is 0 Å². The summed E-state index contributed by atoms with van der Waals surface area (Å²) in [5.41, 5.74) is 3.68. The van der Waals surface area contributed by atoms with Gasteiger partial charge in [-0.05, 0) is 17.7 Å². The predicted molar refractivity (Wildman–Crippen MR) is 85.8 cm³/mol. The van der Waals surface area contributed by atoms with Crippen molar-refractivity contribution in [2.24, 2.45) is 0 Å². The van der Waals surface area contributed by atoms with Gasteiger partial charge in [-0.3, -0.25) is 4.79 Å². The van der Waals surface area contributed by atoms with Crippen LogP contribution in [0.15, 0.2) is 53.1 Å². The van der Waals surface area contributed by atoms with Crippen molar-refractivity contribution < 1.29 is 4.74 Å². The minimum absolute atomic E-state index is 0.0398. The highest BCUT2D eigenvalue weighted by Crippen LogP contribution is 2.19. The first kappa shape index (κ1) is 14.3. The molecule has 0 fully saturated rings. The Balaban J connectivity index is 1.78. The lowest BCUT2D eigenvalue weighted by molar-refractivity contribution is 0.410. The molecule has 0 spiro atoms. The number of benzene rings is 1. The highest BCUT2D eigenvalue weighted by molar-refractivity contribution is 5.36. The summed E-state index contributed by atoms with van der Waals surface area (Å²) in [5.74, 6) is 0.832. The van der Waals surface area contributed by atoms with E-state index in [0.717, 1.165) is 34.9 Å². The normalized spacial score (nSPS) is 13.2. The van der Waals surface area contributed by atoms with Gasteiger partial charge < -0.3 is 20.4 Å². The number of para-hydroxylation sites is 1. The molecule has 0 bridgehead atoms. The molecule has 0 saturated heterocycles. The van der Waals surface area contributed by atoms with E-state index >= 15 is 0 Å². The second-order valence-electron chi connectivity index (χ2n) is 5.23. The number of ether oxygens (including phenoxy) is 1. The molecule has 5 nitrogen and oxygen atoms in total. The fourth-order valence-electron chi connectivity index (χ4n) is 2.55. The maximum Gasteiger partial charge on any atom is 0.251 e. The lowest BCUT2D eigenvalue weighted by atomic mass is 10.1. The Morgan fingerprint density at radius 1 is 1.09 bits per heavy atom. The Bertz CT molecular complexity index is 750. The van der Waals surface area contributed by atoms with Crippen molar-refractivity contribution in [2.75, 3.05) is 13.8 Å². The van der Waals surface area contributed by atoms with Gasteiger partial charge in [-0.2, -0.15) is 0 Å². The van der Waals surface area contributed by atoms with E-state index in [4.69, 9.17) is 4.74 Å². The molecule has 0 amide bonds. The minimum Gasteiger partial charge on any atom is -0.496 e. The van der Waals surface area contributed by atoms with E-state index in [0.29, 0.717) is 12.8 Å². The first-order valence-electron chi connectivity index (χ1n) is 7.25. The van der Waals surface area contributed by atoms with Gasteiger partial charge in [-0.1, -0.05) is 24.3 Å². The highest BCUT2D eigenvalue weighted by Gasteiger charge is 2.09.